The predicted octanol–water partition coefficient (Wildman–Crippen LogP) is 3.58. The number of hydrogen-bond acceptors (Lipinski definition) is 5. The Bertz CT molecular complexity index is 661. The number of ether oxygens (including phenoxy) is 1. The van der Waals surface area contributed by atoms with E-state index in [1.165, 1.54) is 19.2 Å². The Hall–Kier alpha value is -2.47. The minimum Gasteiger partial charge on any atom is -0.495 e. The van der Waals surface area contributed by atoms with Crippen molar-refractivity contribution in [3.8, 4) is 5.75 Å². The molecular weight excluding hydrogens is 282 g/mol. The maximum atomic E-state index is 10.8. The summed E-state index contributed by atoms with van der Waals surface area (Å²) in [5.74, 6) is 0.552. The van der Waals surface area contributed by atoms with Crippen LogP contribution in [0.5, 0.6) is 5.75 Å². The number of nitrogens with zero attached hydrogens (tertiary/aromatic N) is 1. The van der Waals surface area contributed by atoms with Gasteiger partial charge < -0.3 is 15.8 Å². The van der Waals surface area contributed by atoms with Crippen LogP contribution in [0.2, 0.25) is 5.02 Å². The molecule has 0 aliphatic heterocycles. The van der Waals surface area contributed by atoms with Gasteiger partial charge in [-0.25, -0.2) is 0 Å². The molecule has 2 rings (SSSR count). The van der Waals surface area contributed by atoms with Gasteiger partial charge in [-0.05, 0) is 24.3 Å². The fourth-order valence-corrected chi connectivity index (χ4v) is 1.98. The van der Waals surface area contributed by atoms with Crippen molar-refractivity contribution in [1.29, 1.82) is 0 Å². The summed E-state index contributed by atoms with van der Waals surface area (Å²) < 4.78 is 5.05. The molecule has 0 bridgehead atoms. The summed E-state index contributed by atoms with van der Waals surface area (Å²) in [6, 6.07) is 9.41. The fourth-order valence-electron chi connectivity index (χ4n) is 1.72. The maximum Gasteiger partial charge on any atom is 0.273 e. The van der Waals surface area contributed by atoms with Crippen molar-refractivity contribution in [2.24, 2.45) is 0 Å². The number of hydrogen-bond donors (Lipinski definition) is 2. The zero-order valence-electron chi connectivity index (χ0n) is 10.6. The molecule has 7 heteroatoms. The molecule has 0 unspecified atom stereocenters. The van der Waals surface area contributed by atoms with E-state index in [9.17, 15) is 10.1 Å². The molecular formula is C13H12ClN3O3. The average Bonchev–Trinajstić information content (AvgIpc) is 2.38. The van der Waals surface area contributed by atoms with E-state index in [2.05, 4.69) is 5.32 Å². The summed E-state index contributed by atoms with van der Waals surface area (Å²) in [5.41, 5.74) is 7.05. The van der Waals surface area contributed by atoms with Gasteiger partial charge in [0.1, 0.15) is 5.75 Å². The van der Waals surface area contributed by atoms with Crippen LogP contribution in [-0.4, -0.2) is 12.0 Å². The number of methoxy groups -OCH3 is 1. The number of benzene rings is 2. The zero-order valence-corrected chi connectivity index (χ0v) is 11.3. The van der Waals surface area contributed by atoms with Gasteiger partial charge >= 0.3 is 0 Å². The van der Waals surface area contributed by atoms with Gasteiger partial charge in [-0.15, -0.1) is 0 Å². The number of nitrogens with two attached hydrogens (primary N) is 1. The van der Waals surface area contributed by atoms with Gasteiger partial charge in [0, 0.05) is 29.2 Å². The Labute approximate surface area is 120 Å². The highest BCUT2D eigenvalue weighted by Crippen LogP contribution is 2.30. The lowest BCUT2D eigenvalue weighted by Gasteiger charge is -2.09. The number of anilines is 3. The van der Waals surface area contributed by atoms with Crippen LogP contribution in [-0.2, 0) is 0 Å². The summed E-state index contributed by atoms with van der Waals surface area (Å²) in [6.45, 7) is 0. The molecule has 2 aromatic rings. The molecule has 0 radical (unpaired) electrons. The van der Waals surface area contributed by atoms with E-state index < -0.39 is 4.92 Å². The van der Waals surface area contributed by atoms with Crippen LogP contribution in [0.1, 0.15) is 0 Å². The number of rotatable bonds is 4. The van der Waals surface area contributed by atoms with E-state index in [0.717, 1.165) is 0 Å². The average molecular weight is 294 g/mol. The van der Waals surface area contributed by atoms with Crippen molar-refractivity contribution in [1.82, 2.24) is 0 Å². The predicted molar refractivity (Wildman–Crippen MR) is 78.8 cm³/mol. The molecule has 3 N–H and O–H groups in total. The number of nitrogens with one attached hydrogen (secondary N) is 1. The lowest BCUT2D eigenvalue weighted by molar-refractivity contribution is -0.384. The first-order valence-electron chi connectivity index (χ1n) is 5.65. The van der Waals surface area contributed by atoms with Crippen molar-refractivity contribution in [2.45, 2.75) is 0 Å². The minimum absolute atomic E-state index is 0.0768. The highest BCUT2D eigenvalue weighted by molar-refractivity contribution is 6.32. The van der Waals surface area contributed by atoms with Gasteiger partial charge in [0.2, 0.25) is 0 Å². The second kappa shape index (κ2) is 5.66. The molecule has 0 spiro atoms. The van der Waals surface area contributed by atoms with Crippen LogP contribution in [0.25, 0.3) is 0 Å². The van der Waals surface area contributed by atoms with Crippen molar-refractivity contribution in [2.75, 3.05) is 18.2 Å². The van der Waals surface area contributed by atoms with Crippen molar-refractivity contribution >= 4 is 34.4 Å². The topological polar surface area (TPSA) is 90.4 Å². The highest BCUT2D eigenvalue weighted by Gasteiger charge is 2.09. The zero-order chi connectivity index (χ0) is 14.7. The molecule has 0 aliphatic rings. The Morgan fingerprint density at radius 3 is 2.60 bits per heavy atom. The number of non-ortho nitro benzene ring substituents is 1. The largest absolute Gasteiger partial charge is 0.495 e. The molecule has 6 nitrogen and oxygen atoms in total. The van der Waals surface area contributed by atoms with E-state index in [4.69, 9.17) is 22.1 Å². The molecule has 0 heterocycles. The van der Waals surface area contributed by atoms with Gasteiger partial charge in [-0.3, -0.25) is 10.1 Å². The third-order valence-corrected chi connectivity index (χ3v) is 2.89. The standard InChI is InChI=1S/C13H12ClN3O3/c1-20-13-3-2-9(7-12(13)14)16-10-4-8(15)5-11(6-10)17(18)19/h2-7,16H,15H2,1H3. The van der Waals surface area contributed by atoms with E-state index in [0.29, 0.717) is 27.8 Å². The summed E-state index contributed by atoms with van der Waals surface area (Å²) in [5, 5.41) is 14.2. The fraction of sp³-hybridized carbons (Fsp3) is 0.0769. The van der Waals surface area contributed by atoms with E-state index in [1.807, 2.05) is 0 Å². The summed E-state index contributed by atoms with van der Waals surface area (Å²) >= 11 is 6.01. The first-order valence-corrected chi connectivity index (χ1v) is 6.03. The lowest BCUT2D eigenvalue weighted by atomic mass is 10.2. The smallest absolute Gasteiger partial charge is 0.273 e. The van der Waals surface area contributed by atoms with Crippen LogP contribution in [0.3, 0.4) is 0 Å². The maximum absolute atomic E-state index is 10.8. The Morgan fingerprint density at radius 1 is 1.25 bits per heavy atom. The number of nitro benzene ring substituents is 1. The molecule has 0 atom stereocenters. The van der Waals surface area contributed by atoms with Gasteiger partial charge in [-0.2, -0.15) is 0 Å². The van der Waals surface area contributed by atoms with Crippen molar-refractivity contribution < 1.29 is 9.66 Å². The number of halogens is 1. The molecule has 2 aromatic carbocycles. The van der Waals surface area contributed by atoms with Gasteiger partial charge in [0.05, 0.1) is 17.1 Å². The monoisotopic (exact) mass is 293 g/mol. The van der Waals surface area contributed by atoms with Crippen LogP contribution in [0.4, 0.5) is 22.7 Å². The molecule has 104 valence electrons. The Morgan fingerprint density at radius 2 is 2.00 bits per heavy atom. The van der Waals surface area contributed by atoms with E-state index >= 15 is 0 Å². The first-order chi connectivity index (χ1) is 9.49. The quantitative estimate of drug-likeness (QED) is 0.511. The third kappa shape index (κ3) is 3.10. The molecule has 0 aliphatic carbocycles. The molecule has 0 amide bonds. The van der Waals surface area contributed by atoms with Crippen LogP contribution in [0, 0.1) is 10.1 Å². The summed E-state index contributed by atoms with van der Waals surface area (Å²) in [4.78, 5) is 10.3. The summed E-state index contributed by atoms with van der Waals surface area (Å²) in [7, 11) is 1.52. The van der Waals surface area contributed by atoms with Gasteiger partial charge in [0.25, 0.3) is 5.69 Å². The normalized spacial score (nSPS) is 10.1. The van der Waals surface area contributed by atoms with Crippen molar-refractivity contribution in [3.63, 3.8) is 0 Å². The second-order valence-electron chi connectivity index (χ2n) is 4.04. The van der Waals surface area contributed by atoms with Crippen LogP contribution in [0.15, 0.2) is 36.4 Å². The summed E-state index contributed by atoms with van der Waals surface area (Å²) in [6.07, 6.45) is 0. The molecule has 0 aromatic heterocycles. The molecule has 0 saturated carbocycles. The number of nitrogen functional groups attached to an aromatic ring is 1. The SMILES string of the molecule is COc1ccc(Nc2cc(N)cc([N+](=O)[O-])c2)cc1Cl. The Balaban J connectivity index is 2.30. The van der Waals surface area contributed by atoms with Crippen LogP contribution >= 0.6 is 11.6 Å². The van der Waals surface area contributed by atoms with Gasteiger partial charge in [-0.1, -0.05) is 11.6 Å². The first kappa shape index (κ1) is 14.0. The van der Waals surface area contributed by atoms with Gasteiger partial charge in [0.15, 0.2) is 0 Å². The molecule has 0 fully saturated rings. The lowest BCUT2D eigenvalue weighted by Crippen LogP contribution is -1.96. The van der Waals surface area contributed by atoms with E-state index in [-0.39, 0.29) is 5.69 Å². The van der Waals surface area contributed by atoms with Crippen molar-refractivity contribution in [3.05, 3.63) is 51.5 Å². The minimum atomic E-state index is -0.497. The third-order valence-electron chi connectivity index (χ3n) is 2.59. The molecule has 0 saturated heterocycles. The second-order valence-corrected chi connectivity index (χ2v) is 4.45. The number of nitro groups is 1. The van der Waals surface area contributed by atoms with Crippen LogP contribution < -0.4 is 15.8 Å². The van der Waals surface area contributed by atoms with E-state index in [1.54, 1.807) is 24.3 Å². The highest BCUT2D eigenvalue weighted by atomic mass is 35.5. The molecule has 20 heavy (non-hydrogen) atoms. The Kier molecular flexibility index (Phi) is 3.95.